The lowest BCUT2D eigenvalue weighted by Gasteiger charge is -2.33. The van der Waals surface area contributed by atoms with Gasteiger partial charge in [-0.05, 0) is 13.0 Å². The molecule has 0 unspecified atom stereocenters. The van der Waals surface area contributed by atoms with E-state index in [9.17, 15) is 9.59 Å². The summed E-state index contributed by atoms with van der Waals surface area (Å²) in [6.45, 7) is 3.41. The topological polar surface area (TPSA) is 88.8 Å². The zero-order chi connectivity index (χ0) is 14.7. The Hall–Kier alpha value is -2.31. The van der Waals surface area contributed by atoms with Crippen molar-refractivity contribution in [1.29, 1.82) is 0 Å². The number of rotatable bonds is 3. The number of nitrogens with two attached hydrogens (primary N) is 1. The number of ether oxygens (including phenoxy) is 1. The molecule has 2 heterocycles. The number of nitrogen functional groups attached to an aromatic ring is 1. The van der Waals surface area contributed by atoms with Gasteiger partial charge in [-0.2, -0.15) is 0 Å². The Balaban J connectivity index is 2.31. The Morgan fingerprint density at radius 1 is 1.50 bits per heavy atom. The summed E-state index contributed by atoms with van der Waals surface area (Å²) in [5.74, 6) is -0.0440. The Morgan fingerprint density at radius 2 is 2.25 bits per heavy atom. The molecule has 0 atom stereocenters. The summed E-state index contributed by atoms with van der Waals surface area (Å²) in [5.41, 5.74) is 6.36. The standard InChI is InChI=1S/C13H18N4O3/c1-3-20-13(19)10-6-9(14)7-15-12(10)17-5-4-16(2)11(18)8-17/h6-7H,3-5,8,14H2,1-2H3. The van der Waals surface area contributed by atoms with E-state index in [-0.39, 0.29) is 19.1 Å². The molecule has 0 aromatic carbocycles. The van der Waals surface area contributed by atoms with Crippen molar-refractivity contribution in [2.45, 2.75) is 6.92 Å². The zero-order valence-electron chi connectivity index (χ0n) is 11.6. The fourth-order valence-electron chi connectivity index (χ4n) is 2.02. The lowest BCUT2D eigenvalue weighted by atomic mass is 10.2. The summed E-state index contributed by atoms with van der Waals surface area (Å²) >= 11 is 0. The number of likely N-dealkylation sites (N-methyl/N-ethyl adjacent to an activating group) is 1. The fraction of sp³-hybridized carbons (Fsp3) is 0.462. The molecule has 1 aliphatic heterocycles. The van der Waals surface area contributed by atoms with Crippen molar-refractivity contribution >= 4 is 23.4 Å². The summed E-state index contributed by atoms with van der Waals surface area (Å²) in [6.07, 6.45) is 1.47. The summed E-state index contributed by atoms with van der Waals surface area (Å²) in [6, 6.07) is 1.53. The van der Waals surface area contributed by atoms with Gasteiger partial charge in [0.15, 0.2) is 0 Å². The predicted molar refractivity (Wildman–Crippen MR) is 74.5 cm³/mol. The molecule has 1 saturated heterocycles. The Bertz CT molecular complexity index is 532. The quantitative estimate of drug-likeness (QED) is 0.790. The second-order valence-corrected chi connectivity index (χ2v) is 4.60. The normalized spacial score (nSPS) is 15.4. The lowest BCUT2D eigenvalue weighted by molar-refractivity contribution is -0.129. The number of anilines is 2. The number of pyridine rings is 1. The van der Waals surface area contributed by atoms with Crippen LogP contribution < -0.4 is 10.6 Å². The summed E-state index contributed by atoms with van der Waals surface area (Å²) in [7, 11) is 1.75. The average molecular weight is 278 g/mol. The van der Waals surface area contributed by atoms with Gasteiger partial charge < -0.3 is 20.3 Å². The van der Waals surface area contributed by atoms with Crippen molar-refractivity contribution in [3.63, 3.8) is 0 Å². The number of hydrogen-bond acceptors (Lipinski definition) is 6. The van der Waals surface area contributed by atoms with Gasteiger partial charge in [0.2, 0.25) is 5.91 Å². The maximum atomic E-state index is 12.0. The van der Waals surface area contributed by atoms with E-state index in [0.717, 1.165) is 0 Å². The average Bonchev–Trinajstić information content (AvgIpc) is 2.42. The van der Waals surface area contributed by atoms with E-state index in [1.807, 2.05) is 0 Å². The molecule has 0 aliphatic carbocycles. The Kier molecular flexibility index (Phi) is 4.07. The lowest BCUT2D eigenvalue weighted by Crippen LogP contribution is -2.49. The highest BCUT2D eigenvalue weighted by molar-refractivity contribution is 5.96. The van der Waals surface area contributed by atoms with Crippen molar-refractivity contribution in [2.24, 2.45) is 0 Å². The highest BCUT2D eigenvalue weighted by atomic mass is 16.5. The first-order chi connectivity index (χ1) is 9.52. The Morgan fingerprint density at radius 3 is 2.90 bits per heavy atom. The first-order valence-electron chi connectivity index (χ1n) is 6.44. The number of piperazine rings is 1. The number of carbonyl (C=O) groups is 2. The van der Waals surface area contributed by atoms with Crippen LogP contribution >= 0.6 is 0 Å². The third kappa shape index (κ3) is 2.81. The minimum atomic E-state index is -0.478. The second kappa shape index (κ2) is 5.77. The maximum absolute atomic E-state index is 12.0. The molecule has 1 aliphatic rings. The number of nitrogens with zero attached hydrogens (tertiary/aromatic N) is 3. The van der Waals surface area contributed by atoms with Crippen molar-refractivity contribution in [2.75, 3.05) is 43.9 Å². The fourth-order valence-corrected chi connectivity index (χ4v) is 2.02. The minimum Gasteiger partial charge on any atom is -0.462 e. The molecule has 0 spiro atoms. The maximum Gasteiger partial charge on any atom is 0.341 e. The van der Waals surface area contributed by atoms with E-state index >= 15 is 0 Å². The number of aromatic nitrogens is 1. The molecule has 2 rings (SSSR count). The third-order valence-corrected chi connectivity index (χ3v) is 3.14. The molecule has 0 bridgehead atoms. The van der Waals surface area contributed by atoms with Crippen LogP contribution in [-0.4, -0.2) is 55.0 Å². The summed E-state index contributed by atoms with van der Waals surface area (Å²) < 4.78 is 5.01. The van der Waals surface area contributed by atoms with Crippen molar-refractivity contribution in [1.82, 2.24) is 9.88 Å². The second-order valence-electron chi connectivity index (χ2n) is 4.60. The van der Waals surface area contributed by atoms with E-state index in [1.165, 1.54) is 12.3 Å². The third-order valence-electron chi connectivity index (χ3n) is 3.14. The van der Waals surface area contributed by atoms with Crippen LogP contribution in [0, 0.1) is 0 Å². The summed E-state index contributed by atoms with van der Waals surface area (Å²) in [4.78, 5) is 31.4. The SMILES string of the molecule is CCOC(=O)c1cc(N)cnc1N1CCN(C)C(=O)C1. The van der Waals surface area contributed by atoms with Gasteiger partial charge in [0.1, 0.15) is 11.4 Å². The van der Waals surface area contributed by atoms with Gasteiger partial charge in [0, 0.05) is 20.1 Å². The highest BCUT2D eigenvalue weighted by Gasteiger charge is 2.26. The molecule has 0 radical (unpaired) electrons. The minimum absolute atomic E-state index is 0.00955. The van der Waals surface area contributed by atoms with Gasteiger partial charge in [-0.1, -0.05) is 0 Å². The predicted octanol–water partition coefficient (Wildman–Crippen LogP) is 0.119. The molecular weight excluding hydrogens is 260 g/mol. The van der Waals surface area contributed by atoms with Crippen LogP contribution in [0.15, 0.2) is 12.3 Å². The van der Waals surface area contributed by atoms with Crippen LogP contribution in [0.4, 0.5) is 11.5 Å². The van der Waals surface area contributed by atoms with Crippen LogP contribution in [0.1, 0.15) is 17.3 Å². The monoisotopic (exact) mass is 278 g/mol. The molecule has 20 heavy (non-hydrogen) atoms. The molecule has 7 heteroatoms. The highest BCUT2D eigenvalue weighted by Crippen LogP contribution is 2.22. The van der Waals surface area contributed by atoms with Crippen LogP contribution in [0.2, 0.25) is 0 Å². The molecule has 2 N–H and O–H groups in total. The van der Waals surface area contributed by atoms with Crippen LogP contribution in [-0.2, 0) is 9.53 Å². The number of carbonyl (C=O) groups excluding carboxylic acids is 2. The molecule has 108 valence electrons. The van der Waals surface area contributed by atoms with Gasteiger partial charge in [0.25, 0.3) is 0 Å². The van der Waals surface area contributed by atoms with Crippen LogP contribution in [0.5, 0.6) is 0 Å². The van der Waals surface area contributed by atoms with Gasteiger partial charge in [-0.15, -0.1) is 0 Å². The van der Waals surface area contributed by atoms with E-state index in [0.29, 0.717) is 30.2 Å². The van der Waals surface area contributed by atoms with Crippen LogP contribution in [0.3, 0.4) is 0 Å². The molecule has 7 nitrogen and oxygen atoms in total. The molecule has 1 fully saturated rings. The van der Waals surface area contributed by atoms with Gasteiger partial charge in [0.05, 0.1) is 25.0 Å². The number of amides is 1. The van der Waals surface area contributed by atoms with E-state index in [2.05, 4.69) is 4.98 Å². The number of esters is 1. The smallest absolute Gasteiger partial charge is 0.341 e. The number of hydrogen-bond donors (Lipinski definition) is 1. The molecule has 0 saturated carbocycles. The first kappa shape index (κ1) is 14.1. The van der Waals surface area contributed by atoms with Crippen molar-refractivity contribution in [3.05, 3.63) is 17.8 Å². The van der Waals surface area contributed by atoms with E-state index < -0.39 is 5.97 Å². The van der Waals surface area contributed by atoms with Crippen LogP contribution in [0.25, 0.3) is 0 Å². The molecular formula is C13H18N4O3. The Labute approximate surface area is 117 Å². The van der Waals surface area contributed by atoms with Gasteiger partial charge >= 0.3 is 5.97 Å². The zero-order valence-corrected chi connectivity index (χ0v) is 11.6. The molecule has 1 aromatic rings. The summed E-state index contributed by atoms with van der Waals surface area (Å²) in [5, 5.41) is 0. The molecule has 1 amide bonds. The van der Waals surface area contributed by atoms with Crippen molar-refractivity contribution < 1.29 is 14.3 Å². The first-order valence-corrected chi connectivity index (χ1v) is 6.44. The largest absolute Gasteiger partial charge is 0.462 e. The molecule has 1 aromatic heterocycles. The van der Waals surface area contributed by atoms with Gasteiger partial charge in [-0.3, -0.25) is 4.79 Å². The van der Waals surface area contributed by atoms with E-state index in [1.54, 1.807) is 23.8 Å². The van der Waals surface area contributed by atoms with Crippen molar-refractivity contribution in [3.8, 4) is 0 Å². The van der Waals surface area contributed by atoms with E-state index in [4.69, 9.17) is 10.5 Å². The van der Waals surface area contributed by atoms with Gasteiger partial charge in [-0.25, -0.2) is 9.78 Å².